The average Bonchev–Trinajstić information content (AvgIpc) is 3.00. The van der Waals surface area contributed by atoms with E-state index in [0.29, 0.717) is 13.2 Å². The molecule has 45 heavy (non-hydrogen) atoms. The Kier molecular flexibility index (Phi) is 33.4. The van der Waals surface area contributed by atoms with Gasteiger partial charge in [0.2, 0.25) is 0 Å². The third kappa shape index (κ3) is 35.6. The predicted molar refractivity (Wildman–Crippen MR) is 191 cm³/mol. The van der Waals surface area contributed by atoms with Gasteiger partial charge >= 0.3 is 11.9 Å². The number of hydrogen-bond acceptors (Lipinski definition) is 5. The fraction of sp³-hybridized carbons (Fsp3) is 0.950. The molecule has 0 fully saturated rings. The lowest BCUT2D eigenvalue weighted by Gasteiger charge is -2.11. The number of aliphatic hydroxyl groups is 1. The fourth-order valence-electron chi connectivity index (χ4n) is 5.95. The van der Waals surface area contributed by atoms with Crippen LogP contribution in [-0.2, 0) is 19.1 Å². The smallest absolute Gasteiger partial charge is 0.335 e. The van der Waals surface area contributed by atoms with Gasteiger partial charge in [0.05, 0.1) is 19.6 Å². The van der Waals surface area contributed by atoms with Crippen molar-refractivity contribution < 1.29 is 24.2 Å². The highest BCUT2D eigenvalue weighted by Crippen LogP contribution is 2.16. The normalized spacial score (nSPS) is 12.2. The summed E-state index contributed by atoms with van der Waals surface area (Å²) in [5.74, 6) is 0.451. The van der Waals surface area contributed by atoms with Crippen LogP contribution in [0.5, 0.6) is 0 Å². The lowest BCUT2D eigenvalue weighted by molar-refractivity contribution is -0.160. The van der Waals surface area contributed by atoms with Crippen molar-refractivity contribution >= 4 is 11.9 Å². The Hall–Kier alpha value is -1.10. The van der Waals surface area contributed by atoms with Gasteiger partial charge in [0, 0.05) is 0 Å². The third-order valence-corrected chi connectivity index (χ3v) is 8.99. The molecule has 0 rings (SSSR count). The molecule has 0 aliphatic heterocycles. The molecule has 0 aromatic rings. The molecule has 268 valence electrons. The zero-order valence-electron chi connectivity index (χ0n) is 30.7. The van der Waals surface area contributed by atoms with Gasteiger partial charge in [0.1, 0.15) is 0 Å². The van der Waals surface area contributed by atoms with Gasteiger partial charge in [-0.3, -0.25) is 4.79 Å². The molecule has 0 radical (unpaired) electrons. The Morgan fingerprint density at radius 2 is 0.689 bits per heavy atom. The molecule has 0 aromatic carbocycles. The molecule has 0 bridgehead atoms. The highest BCUT2D eigenvalue weighted by Gasteiger charge is 2.21. The molecule has 0 saturated carbocycles. The Morgan fingerprint density at radius 3 is 1.00 bits per heavy atom. The lowest BCUT2D eigenvalue weighted by atomic mass is 10.0. The van der Waals surface area contributed by atoms with Crippen LogP contribution < -0.4 is 0 Å². The number of carbonyl (C=O) groups excluding carboxylic acids is 2. The van der Waals surface area contributed by atoms with E-state index < -0.39 is 18.0 Å². The summed E-state index contributed by atoms with van der Waals surface area (Å²) < 4.78 is 10.4. The second-order valence-electron chi connectivity index (χ2n) is 14.7. The van der Waals surface area contributed by atoms with Gasteiger partial charge in [0.15, 0.2) is 6.10 Å². The monoisotopic (exact) mass is 639 g/mol. The second kappa shape index (κ2) is 34.2. The van der Waals surface area contributed by atoms with Crippen LogP contribution in [0.3, 0.4) is 0 Å². The Bertz CT molecular complexity index is 632. The zero-order valence-corrected chi connectivity index (χ0v) is 30.7. The average molecular weight is 639 g/mol. The molecular weight excluding hydrogens is 560 g/mol. The Labute approximate surface area is 280 Å². The molecule has 1 atom stereocenters. The number of aliphatic hydroxyl groups excluding tert-OH is 1. The molecule has 0 spiro atoms. The highest BCUT2D eigenvalue weighted by molar-refractivity contribution is 5.81. The standard InChI is InChI=1S/C40H78O5/c1-36(2)31-27-23-19-15-11-7-5-9-13-17-21-25-29-33-44-39(42)35-38(41)40(43)45-34-30-26-22-18-14-10-6-8-12-16-20-24-28-32-37(3)4/h36-38,41H,5-35H2,1-4H3. The van der Waals surface area contributed by atoms with Crippen molar-refractivity contribution in [2.24, 2.45) is 11.8 Å². The van der Waals surface area contributed by atoms with E-state index >= 15 is 0 Å². The van der Waals surface area contributed by atoms with Crippen LogP contribution in [0.1, 0.15) is 214 Å². The van der Waals surface area contributed by atoms with Gasteiger partial charge in [-0.15, -0.1) is 0 Å². The van der Waals surface area contributed by atoms with E-state index in [1.54, 1.807) is 0 Å². The summed E-state index contributed by atoms with van der Waals surface area (Å²) in [5.41, 5.74) is 0. The van der Waals surface area contributed by atoms with E-state index in [4.69, 9.17) is 9.47 Å². The van der Waals surface area contributed by atoms with E-state index in [0.717, 1.165) is 43.9 Å². The molecular formula is C40H78O5. The number of unbranched alkanes of at least 4 members (excludes halogenated alkanes) is 24. The molecule has 0 saturated heterocycles. The first-order valence-electron chi connectivity index (χ1n) is 19.8. The van der Waals surface area contributed by atoms with Gasteiger partial charge in [-0.05, 0) is 24.7 Å². The summed E-state index contributed by atoms with van der Waals surface area (Å²) in [6.45, 7) is 9.91. The summed E-state index contributed by atoms with van der Waals surface area (Å²) in [6, 6.07) is 0. The van der Waals surface area contributed by atoms with Crippen LogP contribution in [0, 0.1) is 11.8 Å². The lowest BCUT2D eigenvalue weighted by Crippen LogP contribution is -2.27. The maximum absolute atomic E-state index is 12.0. The maximum atomic E-state index is 12.0. The first-order chi connectivity index (χ1) is 21.8. The van der Waals surface area contributed by atoms with Crippen LogP contribution in [0.15, 0.2) is 0 Å². The summed E-state index contributed by atoms with van der Waals surface area (Å²) in [5, 5.41) is 9.99. The van der Waals surface area contributed by atoms with E-state index in [9.17, 15) is 14.7 Å². The molecule has 5 nitrogen and oxygen atoms in total. The van der Waals surface area contributed by atoms with Crippen LogP contribution in [0.25, 0.3) is 0 Å². The Morgan fingerprint density at radius 1 is 0.422 bits per heavy atom. The summed E-state index contributed by atoms with van der Waals surface area (Å²) >= 11 is 0. The quantitative estimate of drug-likeness (QED) is 0.0552. The van der Waals surface area contributed by atoms with Crippen LogP contribution >= 0.6 is 0 Å². The molecule has 1 unspecified atom stereocenters. The van der Waals surface area contributed by atoms with Crippen LogP contribution in [-0.4, -0.2) is 36.4 Å². The van der Waals surface area contributed by atoms with E-state index in [2.05, 4.69) is 27.7 Å². The van der Waals surface area contributed by atoms with Crippen molar-refractivity contribution in [3.63, 3.8) is 0 Å². The van der Waals surface area contributed by atoms with Crippen molar-refractivity contribution in [1.82, 2.24) is 0 Å². The molecule has 0 heterocycles. The molecule has 5 heteroatoms. The van der Waals surface area contributed by atoms with Crippen LogP contribution in [0.2, 0.25) is 0 Å². The third-order valence-electron chi connectivity index (χ3n) is 8.99. The van der Waals surface area contributed by atoms with Crippen molar-refractivity contribution in [2.75, 3.05) is 13.2 Å². The minimum Gasteiger partial charge on any atom is -0.466 e. The van der Waals surface area contributed by atoms with E-state index in [-0.39, 0.29) is 6.42 Å². The maximum Gasteiger partial charge on any atom is 0.335 e. The summed E-state index contributed by atoms with van der Waals surface area (Å²) in [4.78, 5) is 24.0. The molecule has 0 aliphatic rings. The first-order valence-corrected chi connectivity index (χ1v) is 19.8. The van der Waals surface area contributed by atoms with Gasteiger partial charge in [-0.25, -0.2) is 4.79 Å². The molecule has 1 N–H and O–H groups in total. The van der Waals surface area contributed by atoms with Gasteiger partial charge in [-0.2, -0.15) is 0 Å². The van der Waals surface area contributed by atoms with Crippen molar-refractivity contribution in [2.45, 2.75) is 220 Å². The molecule has 0 aromatic heterocycles. The fourth-order valence-corrected chi connectivity index (χ4v) is 5.95. The summed E-state index contributed by atoms with van der Waals surface area (Å²) in [6.07, 6.45) is 34.2. The van der Waals surface area contributed by atoms with Gasteiger partial charge in [-0.1, -0.05) is 195 Å². The second-order valence-corrected chi connectivity index (χ2v) is 14.7. The molecule has 0 amide bonds. The highest BCUT2D eigenvalue weighted by atomic mass is 16.6. The topological polar surface area (TPSA) is 72.8 Å². The largest absolute Gasteiger partial charge is 0.466 e. The van der Waals surface area contributed by atoms with Crippen molar-refractivity contribution in [3.8, 4) is 0 Å². The van der Waals surface area contributed by atoms with Crippen molar-refractivity contribution in [1.29, 1.82) is 0 Å². The minimum atomic E-state index is -1.43. The zero-order chi connectivity index (χ0) is 33.2. The van der Waals surface area contributed by atoms with E-state index in [1.807, 2.05) is 0 Å². The summed E-state index contributed by atoms with van der Waals surface area (Å²) in [7, 11) is 0. The SMILES string of the molecule is CC(C)CCCCCCCCCCCCCCCOC(=O)CC(O)C(=O)OCCCCCCCCCCCCCCCC(C)C. The minimum absolute atomic E-state index is 0.306. The van der Waals surface area contributed by atoms with E-state index in [1.165, 1.54) is 148 Å². The predicted octanol–water partition coefficient (Wildman–Crippen LogP) is 12.1. The number of hydrogen-bond donors (Lipinski definition) is 1. The number of carbonyl (C=O) groups is 2. The number of esters is 2. The molecule has 0 aliphatic carbocycles. The van der Waals surface area contributed by atoms with Gasteiger partial charge in [0.25, 0.3) is 0 Å². The number of rotatable bonds is 35. The first kappa shape index (κ1) is 43.9. The van der Waals surface area contributed by atoms with Crippen LogP contribution in [0.4, 0.5) is 0 Å². The number of ether oxygens (including phenoxy) is 2. The van der Waals surface area contributed by atoms with Crippen molar-refractivity contribution in [3.05, 3.63) is 0 Å². The Balaban J connectivity index is 3.39. The van der Waals surface area contributed by atoms with Gasteiger partial charge < -0.3 is 14.6 Å².